The van der Waals surface area contributed by atoms with E-state index in [-0.39, 0.29) is 12.8 Å². The Morgan fingerprint density at radius 3 is 1.30 bits per heavy atom. The monoisotopic (exact) mass is 869 g/mol. The number of esters is 2. The number of unbranched alkanes of at least 4 members (excludes halogenated alkanes) is 3. The van der Waals surface area contributed by atoms with E-state index in [9.17, 15) is 24.2 Å². The molecular formula is C50H77O10P. The Morgan fingerprint density at radius 2 is 0.885 bits per heavy atom. The number of phosphoric ester groups is 1. The molecular weight excluding hydrogens is 792 g/mol. The molecule has 61 heavy (non-hydrogen) atoms. The summed E-state index contributed by atoms with van der Waals surface area (Å²) in [5.74, 6) is -1.13. The number of hydrogen-bond acceptors (Lipinski definition) is 9. The van der Waals surface area contributed by atoms with Gasteiger partial charge in [-0.15, -0.1) is 0 Å². The molecule has 11 heteroatoms. The van der Waals surface area contributed by atoms with E-state index in [4.69, 9.17) is 19.1 Å². The van der Waals surface area contributed by atoms with Gasteiger partial charge in [0.1, 0.15) is 12.7 Å². The minimum absolute atomic E-state index is 0.0345. The summed E-state index contributed by atoms with van der Waals surface area (Å²) in [5.41, 5.74) is 0. The van der Waals surface area contributed by atoms with E-state index in [0.29, 0.717) is 19.3 Å². The van der Waals surface area contributed by atoms with Crippen LogP contribution in [0.4, 0.5) is 0 Å². The summed E-state index contributed by atoms with van der Waals surface area (Å²) in [6.45, 7) is 2.03. The number of carbonyl (C=O) groups is 2. The fraction of sp³-hybridized carbons (Fsp3) is 0.520. The van der Waals surface area contributed by atoms with Crippen molar-refractivity contribution in [3.8, 4) is 0 Å². The fourth-order valence-corrected chi connectivity index (χ4v) is 5.73. The number of aliphatic hydroxyl groups is 2. The largest absolute Gasteiger partial charge is 0.472 e. The molecule has 10 nitrogen and oxygen atoms in total. The summed E-state index contributed by atoms with van der Waals surface area (Å²) < 4.78 is 32.5. The van der Waals surface area contributed by atoms with E-state index in [1.165, 1.54) is 25.7 Å². The molecule has 0 aliphatic rings. The predicted octanol–water partition coefficient (Wildman–Crippen LogP) is 12.1. The quantitative estimate of drug-likeness (QED) is 0.0236. The molecule has 0 fully saturated rings. The summed E-state index contributed by atoms with van der Waals surface area (Å²) in [6.07, 6.45) is 58.7. The average molecular weight is 869 g/mol. The van der Waals surface area contributed by atoms with Crippen molar-refractivity contribution in [2.24, 2.45) is 0 Å². The van der Waals surface area contributed by atoms with E-state index in [1.807, 2.05) is 30.4 Å². The van der Waals surface area contributed by atoms with Gasteiger partial charge >= 0.3 is 19.8 Å². The number of rotatable bonds is 39. The van der Waals surface area contributed by atoms with Gasteiger partial charge in [-0.2, -0.15) is 0 Å². The predicted molar refractivity (Wildman–Crippen MR) is 251 cm³/mol. The second-order valence-electron chi connectivity index (χ2n) is 14.0. The van der Waals surface area contributed by atoms with E-state index < -0.39 is 58.4 Å². The van der Waals surface area contributed by atoms with Gasteiger partial charge in [-0.1, -0.05) is 160 Å². The first-order valence-corrected chi connectivity index (χ1v) is 23.6. The SMILES string of the molecule is CC/C=C\C/C=C\C/C=C\C/C=C\C/C=C\C/C=C\CCC(=O)O[C@H](COC(=O)CC/C=C\C/C=C\C/C=C\C/C=C\C/C=C\CCCCC)COP(=O)(O)OC[C@@H](O)CO. The Kier molecular flexibility index (Phi) is 41.4. The van der Waals surface area contributed by atoms with Crippen molar-refractivity contribution in [3.05, 3.63) is 134 Å². The number of hydrogen-bond donors (Lipinski definition) is 3. The van der Waals surface area contributed by atoms with E-state index >= 15 is 0 Å². The van der Waals surface area contributed by atoms with Crippen molar-refractivity contribution in [1.29, 1.82) is 0 Å². The van der Waals surface area contributed by atoms with Crippen LogP contribution in [-0.2, 0) is 32.7 Å². The summed E-state index contributed by atoms with van der Waals surface area (Å²) in [6, 6.07) is 0. The number of allylic oxidation sites excluding steroid dienone is 22. The molecule has 0 aromatic heterocycles. The van der Waals surface area contributed by atoms with Crippen LogP contribution in [0.3, 0.4) is 0 Å². The molecule has 0 heterocycles. The molecule has 0 aromatic carbocycles. The standard InChI is InChI=1S/C50H77O10P/c1-3-5-7-9-11-13-15-17-19-21-23-25-27-29-31-33-35-37-39-41-49(53)57-45-48(46-59-61(55,56)58-44-47(52)43-51)60-50(54)42-40-38-36-34-32-30-28-26-24-22-20-18-16-14-12-10-8-6-4-2/h6,8,11-14,17-20,23-26,29-32,35-38,47-48,51-52H,3-5,7,9-10,15-16,21-22,27-28,33-34,39-46H2,1-2H3,(H,55,56)/b8-6-,13-11-,14-12-,19-17-,20-18-,25-23-,26-24-,31-29-,32-30-,37-35-,38-36-/t47-,48+/m0/s1. The van der Waals surface area contributed by atoms with Gasteiger partial charge in [-0.3, -0.25) is 18.6 Å². The first-order valence-electron chi connectivity index (χ1n) is 22.1. The van der Waals surface area contributed by atoms with Crippen LogP contribution in [0.15, 0.2) is 134 Å². The molecule has 0 saturated carbocycles. The van der Waals surface area contributed by atoms with Crippen molar-refractivity contribution in [2.45, 2.75) is 142 Å². The van der Waals surface area contributed by atoms with Crippen LogP contribution < -0.4 is 0 Å². The number of carbonyl (C=O) groups excluding carboxylic acids is 2. The third-order valence-electron chi connectivity index (χ3n) is 8.32. The molecule has 0 aromatic rings. The zero-order chi connectivity index (χ0) is 44.8. The Bertz CT molecular complexity index is 1460. The lowest BCUT2D eigenvalue weighted by molar-refractivity contribution is -0.161. The first kappa shape index (κ1) is 57.1. The first-order chi connectivity index (χ1) is 29.7. The van der Waals surface area contributed by atoms with E-state index in [0.717, 1.165) is 57.8 Å². The summed E-state index contributed by atoms with van der Waals surface area (Å²) >= 11 is 0. The van der Waals surface area contributed by atoms with Crippen LogP contribution in [0.1, 0.15) is 129 Å². The third kappa shape index (κ3) is 44.0. The highest BCUT2D eigenvalue weighted by molar-refractivity contribution is 7.47. The fourth-order valence-electron chi connectivity index (χ4n) is 4.94. The smallest absolute Gasteiger partial charge is 0.462 e. The molecule has 1 unspecified atom stereocenters. The Balaban J connectivity index is 4.56. The van der Waals surface area contributed by atoms with Gasteiger partial charge in [0.2, 0.25) is 0 Å². The van der Waals surface area contributed by atoms with Gasteiger partial charge in [0.25, 0.3) is 0 Å². The van der Waals surface area contributed by atoms with Gasteiger partial charge in [0, 0.05) is 12.8 Å². The minimum atomic E-state index is -4.67. The third-order valence-corrected chi connectivity index (χ3v) is 9.27. The zero-order valence-electron chi connectivity index (χ0n) is 37.1. The van der Waals surface area contributed by atoms with Crippen LogP contribution in [0, 0.1) is 0 Å². The molecule has 0 bridgehead atoms. The van der Waals surface area contributed by atoms with Crippen molar-refractivity contribution >= 4 is 19.8 Å². The second kappa shape index (κ2) is 44.2. The van der Waals surface area contributed by atoms with Crippen LogP contribution in [0.5, 0.6) is 0 Å². The van der Waals surface area contributed by atoms with Crippen LogP contribution in [0.2, 0.25) is 0 Å². The molecule has 0 aliphatic heterocycles. The number of aliphatic hydroxyl groups excluding tert-OH is 2. The van der Waals surface area contributed by atoms with Crippen molar-refractivity contribution in [2.75, 3.05) is 26.4 Å². The molecule has 3 N–H and O–H groups in total. The van der Waals surface area contributed by atoms with Gasteiger partial charge < -0.3 is 24.6 Å². The highest BCUT2D eigenvalue weighted by Crippen LogP contribution is 2.43. The van der Waals surface area contributed by atoms with E-state index in [2.05, 4.69) is 122 Å². The minimum Gasteiger partial charge on any atom is -0.462 e. The van der Waals surface area contributed by atoms with Crippen molar-refractivity contribution < 1.29 is 47.8 Å². The van der Waals surface area contributed by atoms with Crippen LogP contribution in [-0.4, -0.2) is 65.7 Å². The normalized spacial score (nSPS) is 15.0. The maximum Gasteiger partial charge on any atom is 0.472 e. The summed E-state index contributed by atoms with van der Waals surface area (Å²) in [4.78, 5) is 35.0. The lowest BCUT2D eigenvalue weighted by Crippen LogP contribution is -2.29. The zero-order valence-corrected chi connectivity index (χ0v) is 38.0. The Hall–Kier alpha value is -3.89. The van der Waals surface area contributed by atoms with E-state index in [1.54, 1.807) is 0 Å². The van der Waals surface area contributed by atoms with Gasteiger partial charge in [-0.05, 0) is 89.9 Å². The summed E-state index contributed by atoms with van der Waals surface area (Å²) in [5, 5.41) is 18.3. The van der Waals surface area contributed by atoms with Gasteiger partial charge in [0.05, 0.1) is 19.8 Å². The molecule has 3 atom stereocenters. The number of ether oxygens (including phenoxy) is 2. The summed E-state index contributed by atoms with van der Waals surface area (Å²) in [7, 11) is -4.67. The highest BCUT2D eigenvalue weighted by Gasteiger charge is 2.27. The average Bonchev–Trinajstić information content (AvgIpc) is 3.25. The Morgan fingerprint density at radius 1 is 0.508 bits per heavy atom. The van der Waals surface area contributed by atoms with Crippen LogP contribution in [0.25, 0.3) is 0 Å². The van der Waals surface area contributed by atoms with Crippen LogP contribution >= 0.6 is 7.82 Å². The maximum absolute atomic E-state index is 12.6. The molecule has 0 spiro atoms. The van der Waals surface area contributed by atoms with Crippen molar-refractivity contribution in [3.63, 3.8) is 0 Å². The number of phosphoric acid groups is 1. The second-order valence-corrected chi connectivity index (χ2v) is 15.4. The van der Waals surface area contributed by atoms with Crippen molar-refractivity contribution in [1.82, 2.24) is 0 Å². The Labute approximate surface area is 368 Å². The topological polar surface area (TPSA) is 149 Å². The van der Waals surface area contributed by atoms with Gasteiger partial charge in [0.15, 0.2) is 6.10 Å². The lowest BCUT2D eigenvalue weighted by atomic mass is 10.2. The lowest BCUT2D eigenvalue weighted by Gasteiger charge is -2.20. The van der Waals surface area contributed by atoms with Gasteiger partial charge in [-0.25, -0.2) is 4.57 Å². The molecule has 342 valence electrons. The molecule has 0 rings (SSSR count). The molecule has 0 amide bonds. The molecule has 0 saturated heterocycles. The molecule has 0 aliphatic carbocycles. The molecule has 0 radical (unpaired) electrons. The maximum atomic E-state index is 12.6. The highest BCUT2D eigenvalue weighted by atomic mass is 31.2.